The molecule has 26 heavy (non-hydrogen) atoms. The van der Waals surface area contributed by atoms with E-state index in [1.54, 1.807) is 21.3 Å². The zero-order valence-corrected chi connectivity index (χ0v) is 22.4. The summed E-state index contributed by atoms with van der Waals surface area (Å²) in [5, 5.41) is 1.51. The van der Waals surface area contributed by atoms with Gasteiger partial charge in [0.25, 0.3) is 0 Å². The molecular weight excluding hydrogens is 539 g/mol. The quantitative estimate of drug-likeness (QED) is 0.133. The first-order valence-corrected chi connectivity index (χ1v) is 13.2. The molecule has 0 atom stereocenters. The van der Waals surface area contributed by atoms with E-state index in [2.05, 4.69) is 37.9 Å². The second-order valence-corrected chi connectivity index (χ2v) is 14.1. The SMILES string of the molecule is C=CC[Si](C)(C)C1=[C-]CC=C1CCCC[Si](OC)(OC)OC.[CH3-].[CH3-].[CH3-].[Pt+4]. The third-order valence-corrected chi connectivity index (χ3v) is 10.4. The average molecular weight is 580 g/mol. The van der Waals surface area contributed by atoms with E-state index in [4.69, 9.17) is 13.3 Å². The summed E-state index contributed by atoms with van der Waals surface area (Å²) in [4.78, 5) is 0. The van der Waals surface area contributed by atoms with Crippen molar-refractivity contribution < 1.29 is 34.3 Å². The van der Waals surface area contributed by atoms with Crippen molar-refractivity contribution in [2.75, 3.05) is 21.3 Å². The van der Waals surface area contributed by atoms with Gasteiger partial charge < -0.3 is 35.6 Å². The maximum Gasteiger partial charge on any atom is 4.00 e. The molecule has 0 fully saturated rings. The zero-order chi connectivity index (χ0) is 16.6. The van der Waals surface area contributed by atoms with Gasteiger partial charge in [-0.3, -0.25) is 6.08 Å². The fourth-order valence-corrected chi connectivity index (χ4v) is 7.47. The summed E-state index contributed by atoms with van der Waals surface area (Å²) < 4.78 is 16.4. The van der Waals surface area contributed by atoms with Crippen LogP contribution in [0.2, 0.25) is 25.2 Å². The number of rotatable bonds is 11. The van der Waals surface area contributed by atoms with Crippen LogP contribution < -0.4 is 0 Å². The van der Waals surface area contributed by atoms with Gasteiger partial charge in [0.1, 0.15) is 0 Å². The molecule has 0 saturated heterocycles. The van der Waals surface area contributed by atoms with Crippen LogP contribution in [0, 0.1) is 28.4 Å². The van der Waals surface area contributed by atoms with E-state index in [1.807, 2.05) is 0 Å². The number of unbranched alkanes of at least 4 members (excludes halogenated alkanes) is 1. The van der Waals surface area contributed by atoms with Gasteiger partial charge in [-0.05, 0) is 12.5 Å². The van der Waals surface area contributed by atoms with Crippen LogP contribution in [0.25, 0.3) is 0 Å². The van der Waals surface area contributed by atoms with Crippen molar-refractivity contribution in [3.63, 3.8) is 0 Å². The molecule has 6 heteroatoms. The third kappa shape index (κ3) is 9.43. The fraction of sp³-hybridized carbons (Fsp3) is 0.550. The number of allylic oxidation sites excluding steroid dienone is 5. The summed E-state index contributed by atoms with van der Waals surface area (Å²) in [6.45, 7) is 8.73. The summed E-state index contributed by atoms with van der Waals surface area (Å²) in [6.07, 6.45) is 12.3. The molecule has 0 radical (unpaired) electrons. The van der Waals surface area contributed by atoms with Crippen LogP contribution in [0.1, 0.15) is 25.7 Å². The Morgan fingerprint density at radius 3 is 2.08 bits per heavy atom. The van der Waals surface area contributed by atoms with Gasteiger partial charge in [-0.25, -0.2) is 10.8 Å². The summed E-state index contributed by atoms with van der Waals surface area (Å²) >= 11 is 0. The number of hydrogen-bond acceptors (Lipinski definition) is 3. The first kappa shape index (κ1) is 33.8. The first-order chi connectivity index (χ1) is 10.4. The molecule has 3 nitrogen and oxygen atoms in total. The average Bonchev–Trinajstić information content (AvgIpc) is 2.98. The molecule has 0 bridgehead atoms. The van der Waals surface area contributed by atoms with Gasteiger partial charge in [-0.2, -0.15) is 6.08 Å². The molecule has 0 amide bonds. The number of hydrogen-bond donors (Lipinski definition) is 0. The van der Waals surface area contributed by atoms with Crippen LogP contribution in [0.3, 0.4) is 0 Å². The van der Waals surface area contributed by atoms with E-state index in [0.29, 0.717) is 0 Å². The molecule has 0 aliphatic heterocycles. The Balaban J connectivity index is -0.000000605. The Bertz CT molecular complexity index is 423. The van der Waals surface area contributed by atoms with Crippen LogP contribution in [-0.4, -0.2) is 38.2 Å². The predicted octanol–water partition coefficient (Wildman–Crippen LogP) is 5.88. The summed E-state index contributed by atoms with van der Waals surface area (Å²) in [5.74, 6) is 0. The molecule has 1 aliphatic carbocycles. The Morgan fingerprint density at radius 2 is 1.62 bits per heavy atom. The van der Waals surface area contributed by atoms with Crippen molar-refractivity contribution in [2.24, 2.45) is 0 Å². The smallest absolute Gasteiger partial charge is 0.377 e. The Morgan fingerprint density at radius 1 is 1.08 bits per heavy atom. The molecular formula is C20H40O3PtSi2. The van der Waals surface area contributed by atoms with Crippen LogP contribution >= 0.6 is 0 Å². The van der Waals surface area contributed by atoms with Gasteiger partial charge in [-0.15, -0.1) is 13.0 Å². The van der Waals surface area contributed by atoms with E-state index in [0.717, 1.165) is 37.8 Å². The van der Waals surface area contributed by atoms with Crippen LogP contribution in [0.5, 0.6) is 0 Å². The monoisotopic (exact) mass is 579 g/mol. The maximum absolute atomic E-state index is 5.47. The van der Waals surface area contributed by atoms with Crippen molar-refractivity contribution >= 4 is 16.9 Å². The second-order valence-electron chi connectivity index (χ2n) is 6.36. The Hall–Kier alpha value is 0.222. The Kier molecular flexibility index (Phi) is 21.0. The predicted molar refractivity (Wildman–Crippen MR) is 117 cm³/mol. The second kappa shape index (κ2) is 16.2. The van der Waals surface area contributed by atoms with Crippen LogP contribution in [-0.2, 0) is 34.3 Å². The summed E-state index contributed by atoms with van der Waals surface area (Å²) in [6, 6.07) is 2.00. The summed E-state index contributed by atoms with van der Waals surface area (Å²) in [5.41, 5.74) is 1.51. The normalized spacial score (nSPS) is 13.3. The van der Waals surface area contributed by atoms with Crippen molar-refractivity contribution in [1.29, 1.82) is 0 Å². The van der Waals surface area contributed by atoms with Gasteiger partial charge >= 0.3 is 29.9 Å². The van der Waals surface area contributed by atoms with E-state index in [-0.39, 0.29) is 43.3 Å². The summed E-state index contributed by atoms with van der Waals surface area (Å²) in [7, 11) is 1.23. The minimum Gasteiger partial charge on any atom is -0.377 e. The first-order valence-electron chi connectivity index (χ1n) is 8.01. The van der Waals surface area contributed by atoms with Crippen LogP contribution in [0.4, 0.5) is 0 Å². The van der Waals surface area contributed by atoms with Gasteiger partial charge in [0, 0.05) is 35.4 Å². The van der Waals surface area contributed by atoms with Crippen molar-refractivity contribution in [2.45, 2.75) is 50.9 Å². The van der Waals surface area contributed by atoms with Gasteiger partial charge in [0.05, 0.1) is 0 Å². The fourth-order valence-electron chi connectivity index (χ4n) is 3.07. The third-order valence-electron chi connectivity index (χ3n) is 4.39. The molecule has 0 saturated carbocycles. The standard InChI is InChI=1S/C17H31O3Si2.3CH3.Pt/c1-7-14-21(5,6)17-13-10-12-16(17)11-8-9-15-22(18-2,19-3)20-4;;;;/h7,12H,1,8-11,14-15H2,2-6H3;3*1H3;/q4*-1;+4. The topological polar surface area (TPSA) is 27.7 Å². The largest absolute Gasteiger partial charge is 4.00 e. The molecule has 0 unspecified atom stereocenters. The maximum atomic E-state index is 5.47. The Labute approximate surface area is 180 Å². The molecule has 156 valence electrons. The molecule has 0 spiro atoms. The molecule has 0 aromatic carbocycles. The molecule has 0 aromatic rings. The van der Waals surface area contributed by atoms with Gasteiger partial charge in [0.2, 0.25) is 0 Å². The molecule has 0 heterocycles. The van der Waals surface area contributed by atoms with E-state index < -0.39 is 16.9 Å². The van der Waals surface area contributed by atoms with Crippen molar-refractivity contribution in [3.05, 3.63) is 57.9 Å². The molecule has 0 aromatic heterocycles. The van der Waals surface area contributed by atoms with Crippen LogP contribution in [0.15, 0.2) is 29.5 Å². The van der Waals surface area contributed by atoms with E-state index >= 15 is 0 Å². The van der Waals surface area contributed by atoms with E-state index in [9.17, 15) is 0 Å². The van der Waals surface area contributed by atoms with E-state index in [1.165, 1.54) is 10.8 Å². The minimum atomic E-state index is -2.41. The zero-order valence-electron chi connectivity index (χ0n) is 18.1. The molecule has 0 N–H and O–H groups in total. The van der Waals surface area contributed by atoms with Crippen molar-refractivity contribution in [1.82, 2.24) is 0 Å². The van der Waals surface area contributed by atoms with Gasteiger partial charge in [0.15, 0.2) is 0 Å². The molecule has 1 rings (SSSR count). The van der Waals surface area contributed by atoms with Crippen molar-refractivity contribution in [3.8, 4) is 0 Å². The van der Waals surface area contributed by atoms with Gasteiger partial charge in [-0.1, -0.05) is 32.0 Å². The molecule has 1 aliphatic rings. The minimum absolute atomic E-state index is 0.